The first-order valence-corrected chi connectivity index (χ1v) is 7.94. The second-order valence-electron chi connectivity index (χ2n) is 6.17. The third-order valence-corrected chi connectivity index (χ3v) is 5.00. The van der Waals surface area contributed by atoms with Crippen LogP contribution >= 0.6 is 0 Å². The molecule has 0 aliphatic carbocycles. The number of hydrogen-bond acceptors (Lipinski definition) is 2. The minimum absolute atomic E-state index is 0.116. The molecule has 1 aromatic rings. The molecule has 0 radical (unpaired) electrons. The van der Waals surface area contributed by atoms with Crippen molar-refractivity contribution in [1.29, 1.82) is 0 Å². The summed E-state index contributed by atoms with van der Waals surface area (Å²) in [5.41, 5.74) is 3.66. The van der Waals surface area contributed by atoms with Crippen LogP contribution in [0.2, 0.25) is 0 Å². The molecule has 5 atom stereocenters. The summed E-state index contributed by atoms with van der Waals surface area (Å²) in [6.07, 6.45) is 1.88. The van der Waals surface area contributed by atoms with Gasteiger partial charge in [-0.05, 0) is 49.3 Å². The molecule has 2 heteroatoms. The molecule has 0 bridgehead atoms. The van der Waals surface area contributed by atoms with E-state index >= 15 is 0 Å². The molecular formula is C18H28O2. The minimum atomic E-state index is -0.425. The topological polar surface area (TPSA) is 29.5 Å². The summed E-state index contributed by atoms with van der Waals surface area (Å²) in [7, 11) is 0. The second-order valence-corrected chi connectivity index (χ2v) is 6.17. The SMILES string of the molecule is CCc1ccc(CC)c(C(O)C2C(C)OC(C)C2C)c1. The van der Waals surface area contributed by atoms with Crippen LogP contribution < -0.4 is 0 Å². The Balaban J connectivity index is 2.34. The van der Waals surface area contributed by atoms with E-state index < -0.39 is 6.10 Å². The van der Waals surface area contributed by atoms with Crippen molar-refractivity contribution in [2.24, 2.45) is 11.8 Å². The van der Waals surface area contributed by atoms with Crippen LogP contribution in [0, 0.1) is 11.8 Å². The van der Waals surface area contributed by atoms with Crippen LogP contribution in [0.5, 0.6) is 0 Å². The summed E-state index contributed by atoms with van der Waals surface area (Å²) < 4.78 is 5.90. The van der Waals surface area contributed by atoms with E-state index in [-0.39, 0.29) is 18.1 Å². The maximum absolute atomic E-state index is 10.9. The summed E-state index contributed by atoms with van der Waals surface area (Å²) in [5.74, 6) is 0.567. The Bertz CT molecular complexity index is 455. The molecule has 1 aliphatic rings. The van der Waals surface area contributed by atoms with Crippen molar-refractivity contribution in [1.82, 2.24) is 0 Å². The molecule has 1 N–H and O–H groups in total. The molecule has 20 heavy (non-hydrogen) atoms. The Hall–Kier alpha value is -0.860. The molecule has 1 fully saturated rings. The van der Waals surface area contributed by atoms with Crippen molar-refractivity contribution in [3.63, 3.8) is 0 Å². The van der Waals surface area contributed by atoms with Gasteiger partial charge in [-0.1, -0.05) is 39.0 Å². The van der Waals surface area contributed by atoms with Crippen LogP contribution in [0.4, 0.5) is 0 Å². The Morgan fingerprint density at radius 1 is 1.10 bits per heavy atom. The highest BCUT2D eigenvalue weighted by molar-refractivity contribution is 5.34. The van der Waals surface area contributed by atoms with Crippen LogP contribution in [0.15, 0.2) is 18.2 Å². The van der Waals surface area contributed by atoms with E-state index in [0.717, 1.165) is 18.4 Å². The van der Waals surface area contributed by atoms with Crippen molar-refractivity contribution < 1.29 is 9.84 Å². The van der Waals surface area contributed by atoms with E-state index in [1.54, 1.807) is 0 Å². The van der Waals surface area contributed by atoms with Crippen LogP contribution in [0.3, 0.4) is 0 Å². The summed E-state index contributed by atoms with van der Waals surface area (Å²) >= 11 is 0. The predicted octanol–water partition coefficient (Wildman–Crippen LogP) is 3.90. The van der Waals surface area contributed by atoms with E-state index in [1.165, 1.54) is 11.1 Å². The standard InChI is InChI=1S/C18H28O2/c1-6-14-8-9-15(7-2)16(10-14)18(19)17-11(3)12(4)20-13(17)5/h8-13,17-19H,6-7H2,1-5H3. The third kappa shape index (κ3) is 2.77. The maximum atomic E-state index is 10.9. The van der Waals surface area contributed by atoms with Gasteiger partial charge in [0, 0.05) is 5.92 Å². The quantitative estimate of drug-likeness (QED) is 0.903. The van der Waals surface area contributed by atoms with E-state index in [4.69, 9.17) is 4.74 Å². The molecule has 1 aliphatic heterocycles. The molecule has 2 rings (SSSR count). The fourth-order valence-corrected chi connectivity index (χ4v) is 3.51. The predicted molar refractivity (Wildman–Crippen MR) is 82.8 cm³/mol. The Morgan fingerprint density at radius 2 is 1.80 bits per heavy atom. The summed E-state index contributed by atoms with van der Waals surface area (Å²) in [5, 5.41) is 10.9. The zero-order valence-corrected chi connectivity index (χ0v) is 13.4. The van der Waals surface area contributed by atoms with Gasteiger partial charge >= 0.3 is 0 Å². The van der Waals surface area contributed by atoms with Gasteiger partial charge in [-0.15, -0.1) is 0 Å². The van der Waals surface area contributed by atoms with Gasteiger partial charge in [0.05, 0.1) is 18.3 Å². The van der Waals surface area contributed by atoms with Gasteiger partial charge in [-0.2, -0.15) is 0 Å². The average Bonchev–Trinajstić information content (AvgIpc) is 2.70. The molecule has 5 unspecified atom stereocenters. The second kappa shape index (κ2) is 6.28. The van der Waals surface area contributed by atoms with Crippen molar-refractivity contribution in [2.45, 2.75) is 65.8 Å². The Morgan fingerprint density at radius 3 is 2.30 bits per heavy atom. The first-order valence-electron chi connectivity index (χ1n) is 7.94. The number of aliphatic hydroxyl groups excluding tert-OH is 1. The molecule has 1 saturated heterocycles. The smallest absolute Gasteiger partial charge is 0.0849 e. The highest BCUT2D eigenvalue weighted by Crippen LogP contribution is 2.41. The highest BCUT2D eigenvalue weighted by Gasteiger charge is 2.42. The van der Waals surface area contributed by atoms with Gasteiger partial charge in [0.2, 0.25) is 0 Å². The van der Waals surface area contributed by atoms with Crippen molar-refractivity contribution in [2.75, 3.05) is 0 Å². The Kier molecular flexibility index (Phi) is 4.87. The summed E-state index contributed by atoms with van der Waals surface area (Å²) in [6, 6.07) is 6.54. The lowest BCUT2D eigenvalue weighted by Crippen LogP contribution is -2.25. The fraction of sp³-hybridized carbons (Fsp3) is 0.667. The number of ether oxygens (including phenoxy) is 1. The zero-order chi connectivity index (χ0) is 14.9. The van der Waals surface area contributed by atoms with Crippen molar-refractivity contribution in [3.8, 4) is 0 Å². The van der Waals surface area contributed by atoms with Gasteiger partial charge in [-0.3, -0.25) is 0 Å². The molecule has 2 nitrogen and oxygen atoms in total. The molecule has 1 aromatic carbocycles. The number of rotatable bonds is 4. The van der Waals surface area contributed by atoms with Gasteiger partial charge in [-0.25, -0.2) is 0 Å². The molecule has 1 heterocycles. The van der Waals surface area contributed by atoms with Gasteiger partial charge in [0.1, 0.15) is 0 Å². The minimum Gasteiger partial charge on any atom is -0.388 e. The highest BCUT2D eigenvalue weighted by atomic mass is 16.5. The van der Waals surface area contributed by atoms with Crippen LogP contribution in [0.1, 0.15) is 57.4 Å². The number of hydrogen-bond donors (Lipinski definition) is 1. The van der Waals surface area contributed by atoms with Gasteiger partial charge in [0.25, 0.3) is 0 Å². The first kappa shape index (κ1) is 15.5. The molecule has 0 spiro atoms. The van der Waals surface area contributed by atoms with E-state index in [9.17, 15) is 5.11 Å². The van der Waals surface area contributed by atoms with Crippen LogP contribution in [-0.2, 0) is 17.6 Å². The zero-order valence-electron chi connectivity index (χ0n) is 13.4. The molecule has 112 valence electrons. The Labute approximate surface area is 123 Å². The monoisotopic (exact) mass is 276 g/mol. The van der Waals surface area contributed by atoms with Crippen molar-refractivity contribution >= 4 is 0 Å². The van der Waals surface area contributed by atoms with Gasteiger partial charge in [0.15, 0.2) is 0 Å². The third-order valence-electron chi connectivity index (χ3n) is 5.00. The van der Waals surface area contributed by atoms with Crippen molar-refractivity contribution in [3.05, 3.63) is 34.9 Å². The summed E-state index contributed by atoms with van der Waals surface area (Å²) in [6.45, 7) is 10.7. The maximum Gasteiger partial charge on any atom is 0.0849 e. The average molecular weight is 276 g/mol. The molecular weight excluding hydrogens is 248 g/mol. The molecule has 0 aromatic heterocycles. The lowest BCUT2D eigenvalue weighted by Gasteiger charge is -2.27. The first-order chi connectivity index (χ1) is 9.49. The van der Waals surface area contributed by atoms with E-state index in [2.05, 4.69) is 52.8 Å². The van der Waals surface area contributed by atoms with Gasteiger partial charge < -0.3 is 9.84 Å². The molecule has 0 saturated carbocycles. The number of aryl methyl sites for hydroxylation is 2. The molecule has 0 amide bonds. The number of aliphatic hydroxyl groups is 1. The van der Waals surface area contributed by atoms with E-state index in [1.807, 2.05) is 0 Å². The van der Waals surface area contributed by atoms with Crippen LogP contribution in [-0.4, -0.2) is 17.3 Å². The normalized spacial score (nSPS) is 31.5. The van der Waals surface area contributed by atoms with E-state index in [0.29, 0.717) is 5.92 Å². The largest absolute Gasteiger partial charge is 0.388 e. The number of benzene rings is 1. The fourth-order valence-electron chi connectivity index (χ4n) is 3.51. The van der Waals surface area contributed by atoms with Crippen LogP contribution in [0.25, 0.3) is 0 Å². The lowest BCUT2D eigenvalue weighted by molar-refractivity contribution is 0.0228. The summed E-state index contributed by atoms with van der Waals surface area (Å²) in [4.78, 5) is 0. The lowest BCUT2D eigenvalue weighted by atomic mass is 9.80.